The van der Waals surface area contributed by atoms with Crippen molar-refractivity contribution in [2.45, 2.75) is 162 Å². The van der Waals surface area contributed by atoms with Crippen molar-refractivity contribution in [3.63, 3.8) is 0 Å². The smallest absolute Gasteiger partial charge is 0.414 e. The molecule has 2 aromatic carbocycles. The summed E-state index contributed by atoms with van der Waals surface area (Å²) in [7, 11) is 0. The Morgan fingerprint density at radius 3 is 1.79 bits per heavy atom. The maximum absolute atomic E-state index is 13.6. The number of ether oxygens (including phenoxy) is 7. The molecule has 4 N–H and O–H groups in total. The van der Waals surface area contributed by atoms with Gasteiger partial charge in [-0.25, -0.2) is 29.0 Å². The number of aliphatic imine (C=N–C) groups is 1. The number of hydrogen-bond acceptors (Lipinski definition) is 15. The second kappa shape index (κ2) is 27.0. The molecule has 0 bridgehead atoms. The Morgan fingerprint density at radius 2 is 1.24 bits per heavy atom. The molecule has 1 heterocycles. The average molecular weight is 1010 g/mol. The largest absolute Gasteiger partial charge is 0.462 e. The van der Waals surface area contributed by atoms with E-state index in [0.717, 1.165) is 0 Å². The van der Waals surface area contributed by atoms with Gasteiger partial charge in [-0.2, -0.15) is 0 Å². The van der Waals surface area contributed by atoms with E-state index in [1.165, 1.54) is 18.2 Å². The molecule has 0 aromatic heterocycles. The molecule has 0 spiro atoms. The van der Waals surface area contributed by atoms with Crippen LogP contribution in [0.1, 0.15) is 125 Å². The monoisotopic (exact) mass is 1010 g/mol. The number of carbonyl (C=O) groups is 6. The molecule has 1 aliphatic heterocycles. The predicted molar refractivity (Wildman–Crippen MR) is 268 cm³/mol. The van der Waals surface area contributed by atoms with Gasteiger partial charge in [-0.1, -0.05) is 35.4 Å². The first-order valence-corrected chi connectivity index (χ1v) is 23.7. The van der Waals surface area contributed by atoms with Gasteiger partial charge in [0.05, 0.1) is 11.7 Å². The van der Waals surface area contributed by atoms with Crippen molar-refractivity contribution < 1.29 is 61.9 Å². The number of carbonyl (C=O) groups excluding carboxylic acids is 6. The fourth-order valence-corrected chi connectivity index (χ4v) is 6.46. The van der Waals surface area contributed by atoms with Crippen molar-refractivity contribution in [1.29, 1.82) is 0 Å². The van der Waals surface area contributed by atoms with Crippen LogP contribution in [0, 0.1) is 0 Å². The Hall–Kier alpha value is -7.06. The van der Waals surface area contributed by atoms with E-state index in [2.05, 4.69) is 36.3 Å². The number of alkyl carbamates (subject to hydrolysis) is 3. The molecule has 0 saturated carbocycles. The van der Waals surface area contributed by atoms with Crippen molar-refractivity contribution in [2.24, 2.45) is 10.1 Å². The lowest BCUT2D eigenvalue weighted by molar-refractivity contribution is -0.189. The predicted octanol–water partition coefficient (Wildman–Crippen LogP) is 8.55. The zero-order valence-electron chi connectivity index (χ0n) is 43.7. The number of guanidine groups is 1. The van der Waals surface area contributed by atoms with Crippen LogP contribution in [0.2, 0.25) is 0 Å². The number of hydrogen-bond donors (Lipinski definition) is 4. The lowest BCUT2D eigenvalue weighted by atomic mass is 9.95. The van der Waals surface area contributed by atoms with Gasteiger partial charge in [0.15, 0.2) is 6.04 Å². The quantitative estimate of drug-likeness (QED) is 0.0133. The molecule has 72 heavy (non-hydrogen) atoms. The van der Waals surface area contributed by atoms with E-state index in [0.29, 0.717) is 44.5 Å². The summed E-state index contributed by atoms with van der Waals surface area (Å²) in [4.78, 5) is 86.8. The van der Waals surface area contributed by atoms with E-state index >= 15 is 0 Å². The molecule has 1 aliphatic rings. The summed E-state index contributed by atoms with van der Waals surface area (Å²) in [6.07, 6.45) is -2.13. The number of azide groups is 1. The minimum Gasteiger partial charge on any atom is -0.462 e. The fourth-order valence-electron chi connectivity index (χ4n) is 6.46. The summed E-state index contributed by atoms with van der Waals surface area (Å²) in [6.45, 7) is 23.5. The van der Waals surface area contributed by atoms with Gasteiger partial charge in [0.2, 0.25) is 18.2 Å². The van der Waals surface area contributed by atoms with Crippen LogP contribution in [0.3, 0.4) is 0 Å². The van der Waals surface area contributed by atoms with Gasteiger partial charge in [0.25, 0.3) is 0 Å². The number of nitrogens with zero attached hydrogens (tertiary/aromatic N) is 5. The van der Waals surface area contributed by atoms with Crippen molar-refractivity contribution in [1.82, 2.24) is 26.2 Å². The van der Waals surface area contributed by atoms with Gasteiger partial charge >= 0.3 is 30.3 Å². The molecule has 1 saturated heterocycles. The van der Waals surface area contributed by atoms with E-state index in [1.54, 1.807) is 143 Å². The SMILES string of the molecule is C[C@H]1O[C@H](Oc2ccc(/C=C\C(=O)NCCCN(CCCCNC(=O)OC(C)(C)C)C(=O)OC(C)(C)C)cc2)[C@H](N=C(NC(=O)OC(C)(C)C)NC(=O)OC(C)(C)C)[C@@H](OC(=O)c2ccccc2)[C@@H]1N=[N+]=[N-]. The van der Waals surface area contributed by atoms with Gasteiger partial charge in [0, 0.05) is 37.2 Å². The minimum absolute atomic E-state index is 0.173. The molecule has 5 atom stereocenters. The highest BCUT2D eigenvalue weighted by molar-refractivity contribution is 6.01. The van der Waals surface area contributed by atoms with Crippen LogP contribution in [-0.2, 0) is 33.2 Å². The summed E-state index contributed by atoms with van der Waals surface area (Å²) in [5, 5.41) is 14.3. The zero-order chi connectivity index (χ0) is 53.9. The molecule has 2 aromatic rings. The third-order valence-electron chi connectivity index (χ3n) is 9.37. The third kappa shape index (κ3) is 23.2. The highest BCUT2D eigenvalue weighted by Gasteiger charge is 2.48. The number of nitrogens with one attached hydrogen (secondary N) is 4. The van der Waals surface area contributed by atoms with Crippen molar-refractivity contribution in [2.75, 3.05) is 26.2 Å². The van der Waals surface area contributed by atoms with Crippen LogP contribution in [0.15, 0.2) is 70.8 Å². The molecule has 3 rings (SSSR count). The summed E-state index contributed by atoms with van der Waals surface area (Å²) in [5.41, 5.74) is 7.18. The molecule has 1 fully saturated rings. The molecular weight excluding hydrogens is 935 g/mol. The van der Waals surface area contributed by atoms with Gasteiger partial charge in [-0.05, 0) is 151 Å². The standard InChI is InChI=1S/C50H73N9O13/c1-32-37(57-58-51)39(68-40(61)34-20-15-14-16-21-34)38(54-42(55-44(63)70-48(5,6)7)56-45(64)71-49(8,9)10)41(66-32)67-35-25-22-33(23-26-35)24-27-36(60)52-29-19-31-59(46(65)72-50(11,12)13)30-18-17-28-53-43(62)69-47(2,3)4/h14-16,20-27,32,37-39,41H,17-19,28-31H2,1-13H3,(H,52,60)(H,53,62)(H2,54,55,56,63,64)/b27-24-/t32-,37-,38-,39+,41-/m1/s1. The lowest BCUT2D eigenvalue weighted by Gasteiger charge is -2.42. The molecule has 396 valence electrons. The highest BCUT2D eigenvalue weighted by atomic mass is 16.7. The van der Waals surface area contributed by atoms with Crippen molar-refractivity contribution >= 4 is 48.3 Å². The first-order valence-electron chi connectivity index (χ1n) is 23.7. The van der Waals surface area contributed by atoms with E-state index < -0.39 is 89.3 Å². The lowest BCUT2D eigenvalue weighted by Crippen LogP contribution is -2.59. The van der Waals surface area contributed by atoms with Gasteiger partial charge < -0.3 is 48.7 Å². The molecule has 0 aliphatic carbocycles. The summed E-state index contributed by atoms with van der Waals surface area (Å²) >= 11 is 0. The van der Waals surface area contributed by atoms with E-state index in [1.807, 2.05) is 0 Å². The number of unbranched alkanes of at least 4 members (excludes halogenated alkanes) is 1. The molecule has 0 radical (unpaired) electrons. The summed E-state index contributed by atoms with van der Waals surface area (Å²) in [5.74, 6) is -1.43. The molecule has 22 heteroatoms. The van der Waals surface area contributed by atoms with E-state index in [-0.39, 0.29) is 23.8 Å². The second-order valence-electron chi connectivity index (χ2n) is 20.6. The molecular formula is C50H73N9O13. The minimum atomic E-state index is -1.43. The number of esters is 1. The zero-order valence-corrected chi connectivity index (χ0v) is 43.7. The van der Waals surface area contributed by atoms with Gasteiger partial charge in [-0.15, -0.1) is 0 Å². The van der Waals surface area contributed by atoms with Gasteiger partial charge in [-0.3, -0.25) is 15.4 Å². The van der Waals surface area contributed by atoms with Crippen LogP contribution in [-0.4, -0.2) is 126 Å². The first-order chi connectivity index (χ1) is 33.5. The second-order valence-corrected chi connectivity index (χ2v) is 20.6. The van der Waals surface area contributed by atoms with E-state index in [9.17, 15) is 34.3 Å². The van der Waals surface area contributed by atoms with Crippen LogP contribution in [0.5, 0.6) is 5.75 Å². The average Bonchev–Trinajstić information content (AvgIpc) is 3.24. The van der Waals surface area contributed by atoms with Crippen LogP contribution >= 0.6 is 0 Å². The summed E-state index contributed by atoms with van der Waals surface area (Å²) < 4.78 is 40.3. The first kappa shape index (κ1) is 59.2. The van der Waals surface area contributed by atoms with E-state index in [4.69, 9.17) is 33.2 Å². The Kier molecular flexibility index (Phi) is 22.2. The number of amides is 5. The molecule has 0 unspecified atom stereocenters. The normalized spacial score (nSPS) is 18.0. The van der Waals surface area contributed by atoms with Crippen LogP contribution < -0.4 is 26.0 Å². The number of rotatable bonds is 17. The highest BCUT2D eigenvalue weighted by Crippen LogP contribution is 2.31. The van der Waals surface area contributed by atoms with Crippen LogP contribution in [0.25, 0.3) is 16.5 Å². The Balaban J connectivity index is 1.80. The molecule has 5 amide bonds. The third-order valence-corrected chi connectivity index (χ3v) is 9.37. The Morgan fingerprint density at radius 1 is 0.694 bits per heavy atom. The Bertz CT molecular complexity index is 2210. The maximum Gasteiger partial charge on any atom is 0.414 e. The van der Waals surface area contributed by atoms with Crippen molar-refractivity contribution in [3.8, 4) is 5.75 Å². The van der Waals surface area contributed by atoms with Crippen molar-refractivity contribution in [3.05, 3.63) is 82.2 Å². The van der Waals surface area contributed by atoms with Crippen LogP contribution in [0.4, 0.5) is 19.2 Å². The Labute approximate surface area is 421 Å². The topological polar surface area (TPSA) is 280 Å². The van der Waals surface area contributed by atoms with Gasteiger partial charge in [0.1, 0.15) is 40.3 Å². The maximum atomic E-state index is 13.6. The fraction of sp³-hybridized carbons (Fsp3) is 0.580. The molecule has 22 nitrogen and oxygen atoms in total. The summed E-state index contributed by atoms with van der Waals surface area (Å²) in [6, 6.07) is 12.0. The number of benzene rings is 2.